The fourth-order valence-electron chi connectivity index (χ4n) is 3.92. The van der Waals surface area contributed by atoms with E-state index >= 15 is 0 Å². The quantitative estimate of drug-likeness (QED) is 0.747. The summed E-state index contributed by atoms with van der Waals surface area (Å²) in [6.45, 7) is 8.58. The Morgan fingerprint density at radius 2 is 2.00 bits per heavy atom. The lowest BCUT2D eigenvalue weighted by Gasteiger charge is -2.34. The molecule has 0 spiro atoms. The van der Waals surface area contributed by atoms with E-state index in [1.54, 1.807) is 0 Å². The van der Waals surface area contributed by atoms with Gasteiger partial charge in [-0.25, -0.2) is 0 Å². The first-order valence-corrected chi connectivity index (χ1v) is 8.32. The second-order valence-corrected chi connectivity index (χ2v) is 6.31. The second kappa shape index (κ2) is 7.49. The smallest absolute Gasteiger partial charge is 0.0195 e. The average Bonchev–Trinajstić information content (AvgIpc) is 3.04. The van der Waals surface area contributed by atoms with Crippen molar-refractivity contribution in [2.75, 3.05) is 19.6 Å². The Morgan fingerprint density at radius 3 is 2.67 bits per heavy atom. The average molecular weight is 252 g/mol. The van der Waals surface area contributed by atoms with Gasteiger partial charge in [-0.1, -0.05) is 33.1 Å². The maximum atomic E-state index is 3.68. The number of rotatable bonds is 7. The molecule has 0 bridgehead atoms. The van der Waals surface area contributed by atoms with Crippen LogP contribution in [0.3, 0.4) is 0 Å². The lowest BCUT2D eigenvalue weighted by Crippen LogP contribution is -2.45. The van der Waals surface area contributed by atoms with Crippen molar-refractivity contribution < 1.29 is 0 Å². The molecule has 0 aromatic rings. The first-order chi connectivity index (χ1) is 8.85. The number of nitrogens with zero attached hydrogens (tertiary/aromatic N) is 1. The molecule has 1 aliphatic heterocycles. The minimum absolute atomic E-state index is 0.778. The number of unbranched alkanes of at least 4 members (excludes halogenated alkanes) is 1. The Hall–Kier alpha value is -0.0800. The van der Waals surface area contributed by atoms with Crippen molar-refractivity contribution >= 4 is 0 Å². The van der Waals surface area contributed by atoms with E-state index in [2.05, 4.69) is 24.1 Å². The molecule has 0 radical (unpaired) electrons. The molecule has 0 aromatic heterocycles. The van der Waals surface area contributed by atoms with Crippen LogP contribution >= 0.6 is 0 Å². The zero-order chi connectivity index (χ0) is 12.8. The van der Waals surface area contributed by atoms with Gasteiger partial charge in [0.1, 0.15) is 0 Å². The highest BCUT2D eigenvalue weighted by Gasteiger charge is 2.32. The van der Waals surface area contributed by atoms with Crippen LogP contribution in [-0.2, 0) is 0 Å². The zero-order valence-corrected chi connectivity index (χ0v) is 12.5. The van der Waals surface area contributed by atoms with Crippen LogP contribution in [0.25, 0.3) is 0 Å². The Balaban J connectivity index is 1.89. The highest BCUT2D eigenvalue weighted by atomic mass is 15.2. The molecule has 106 valence electrons. The molecule has 1 saturated heterocycles. The molecule has 2 heteroatoms. The third-order valence-corrected chi connectivity index (χ3v) is 5.03. The third kappa shape index (κ3) is 3.71. The zero-order valence-electron chi connectivity index (χ0n) is 12.5. The topological polar surface area (TPSA) is 15.3 Å². The Labute approximate surface area is 114 Å². The third-order valence-electron chi connectivity index (χ3n) is 5.03. The van der Waals surface area contributed by atoms with Crippen molar-refractivity contribution in [2.45, 2.75) is 77.3 Å². The van der Waals surface area contributed by atoms with Crippen LogP contribution in [0, 0.1) is 5.92 Å². The lowest BCUT2D eigenvalue weighted by atomic mass is 9.98. The van der Waals surface area contributed by atoms with Crippen molar-refractivity contribution in [3.05, 3.63) is 0 Å². The molecule has 18 heavy (non-hydrogen) atoms. The first kappa shape index (κ1) is 14.3. The molecule has 0 amide bonds. The predicted octanol–water partition coefficient (Wildman–Crippen LogP) is 3.42. The molecule has 1 heterocycles. The molecular formula is C16H32N2. The van der Waals surface area contributed by atoms with Gasteiger partial charge in [-0.3, -0.25) is 4.90 Å². The van der Waals surface area contributed by atoms with Gasteiger partial charge in [-0.05, 0) is 51.1 Å². The molecule has 0 aromatic carbocycles. The number of nitrogens with one attached hydrogen (secondary N) is 1. The van der Waals surface area contributed by atoms with E-state index in [9.17, 15) is 0 Å². The summed E-state index contributed by atoms with van der Waals surface area (Å²) in [5, 5.41) is 3.68. The van der Waals surface area contributed by atoms with Gasteiger partial charge in [0, 0.05) is 18.6 Å². The molecule has 1 N–H and O–H groups in total. The van der Waals surface area contributed by atoms with Gasteiger partial charge in [0.05, 0.1) is 0 Å². The second-order valence-electron chi connectivity index (χ2n) is 6.31. The van der Waals surface area contributed by atoms with Crippen LogP contribution in [0.2, 0.25) is 0 Å². The number of hydrogen-bond acceptors (Lipinski definition) is 2. The van der Waals surface area contributed by atoms with Crippen molar-refractivity contribution in [3.8, 4) is 0 Å². The van der Waals surface area contributed by atoms with E-state index in [-0.39, 0.29) is 0 Å². The SMILES string of the molecule is CCCCN(CC1CCCN1)C1CCCC1CC. The Morgan fingerprint density at radius 1 is 1.11 bits per heavy atom. The highest BCUT2D eigenvalue weighted by molar-refractivity contribution is 4.88. The first-order valence-electron chi connectivity index (χ1n) is 8.32. The van der Waals surface area contributed by atoms with Crippen molar-refractivity contribution in [2.24, 2.45) is 5.92 Å². The number of hydrogen-bond donors (Lipinski definition) is 1. The summed E-state index contributed by atoms with van der Waals surface area (Å²) in [5.41, 5.74) is 0. The van der Waals surface area contributed by atoms with E-state index in [0.717, 1.165) is 18.0 Å². The largest absolute Gasteiger partial charge is 0.313 e. The molecule has 1 saturated carbocycles. The minimum Gasteiger partial charge on any atom is -0.313 e. The Bertz CT molecular complexity index is 223. The summed E-state index contributed by atoms with van der Waals surface area (Å²) in [6.07, 6.45) is 11.3. The van der Waals surface area contributed by atoms with Gasteiger partial charge in [-0.2, -0.15) is 0 Å². The van der Waals surface area contributed by atoms with Gasteiger partial charge in [-0.15, -0.1) is 0 Å². The highest BCUT2D eigenvalue weighted by Crippen LogP contribution is 2.32. The summed E-state index contributed by atoms with van der Waals surface area (Å²) in [5.74, 6) is 0.975. The van der Waals surface area contributed by atoms with E-state index in [1.165, 1.54) is 71.0 Å². The van der Waals surface area contributed by atoms with Crippen LogP contribution in [0.15, 0.2) is 0 Å². The van der Waals surface area contributed by atoms with Gasteiger partial charge in [0.25, 0.3) is 0 Å². The molecule has 2 nitrogen and oxygen atoms in total. The standard InChI is InChI=1S/C16H32N2/c1-3-5-12-18(13-15-9-7-11-17-15)16-10-6-8-14(16)4-2/h14-17H,3-13H2,1-2H3. The predicted molar refractivity (Wildman–Crippen MR) is 78.9 cm³/mol. The lowest BCUT2D eigenvalue weighted by molar-refractivity contribution is 0.142. The van der Waals surface area contributed by atoms with E-state index in [4.69, 9.17) is 0 Å². The van der Waals surface area contributed by atoms with Crippen molar-refractivity contribution in [3.63, 3.8) is 0 Å². The van der Waals surface area contributed by atoms with Crippen LogP contribution in [0.1, 0.15) is 65.2 Å². The van der Waals surface area contributed by atoms with Crippen LogP contribution in [0.4, 0.5) is 0 Å². The fraction of sp³-hybridized carbons (Fsp3) is 1.00. The van der Waals surface area contributed by atoms with E-state index in [0.29, 0.717) is 0 Å². The van der Waals surface area contributed by atoms with Crippen LogP contribution in [-0.4, -0.2) is 36.6 Å². The summed E-state index contributed by atoms with van der Waals surface area (Å²) in [4.78, 5) is 2.84. The molecule has 3 atom stereocenters. The normalized spacial score (nSPS) is 32.5. The molecule has 2 rings (SSSR count). The molecular weight excluding hydrogens is 220 g/mol. The maximum Gasteiger partial charge on any atom is 0.0195 e. The summed E-state index contributed by atoms with van der Waals surface area (Å²) in [6, 6.07) is 1.67. The van der Waals surface area contributed by atoms with Gasteiger partial charge >= 0.3 is 0 Å². The van der Waals surface area contributed by atoms with Crippen LogP contribution in [0.5, 0.6) is 0 Å². The fourth-order valence-corrected chi connectivity index (χ4v) is 3.92. The summed E-state index contributed by atoms with van der Waals surface area (Å²) < 4.78 is 0. The summed E-state index contributed by atoms with van der Waals surface area (Å²) in [7, 11) is 0. The molecule has 3 unspecified atom stereocenters. The Kier molecular flexibility index (Phi) is 5.97. The van der Waals surface area contributed by atoms with Crippen LogP contribution < -0.4 is 5.32 Å². The van der Waals surface area contributed by atoms with Gasteiger partial charge in [0.2, 0.25) is 0 Å². The summed E-state index contributed by atoms with van der Waals surface area (Å²) >= 11 is 0. The van der Waals surface area contributed by atoms with E-state index < -0.39 is 0 Å². The monoisotopic (exact) mass is 252 g/mol. The maximum absolute atomic E-state index is 3.68. The van der Waals surface area contributed by atoms with Crippen molar-refractivity contribution in [1.29, 1.82) is 0 Å². The minimum atomic E-state index is 0.778. The van der Waals surface area contributed by atoms with Gasteiger partial charge < -0.3 is 5.32 Å². The molecule has 1 aliphatic carbocycles. The van der Waals surface area contributed by atoms with Crippen molar-refractivity contribution in [1.82, 2.24) is 10.2 Å². The van der Waals surface area contributed by atoms with E-state index in [1.807, 2.05) is 0 Å². The molecule has 2 aliphatic rings. The van der Waals surface area contributed by atoms with Gasteiger partial charge in [0.15, 0.2) is 0 Å². The molecule has 2 fully saturated rings.